The monoisotopic (exact) mass is 184 g/mol. The molecule has 5 heteroatoms. The van der Waals surface area contributed by atoms with Gasteiger partial charge in [0.1, 0.15) is 5.75 Å². The Morgan fingerprint density at radius 1 is 1.67 bits per heavy atom. The van der Waals surface area contributed by atoms with Crippen molar-refractivity contribution in [3.8, 4) is 5.75 Å². The van der Waals surface area contributed by atoms with Gasteiger partial charge in [0, 0.05) is 5.38 Å². The quantitative estimate of drug-likeness (QED) is 0.644. The fraction of sp³-hybridized carbons (Fsp3) is 0.143. The van der Waals surface area contributed by atoms with Crippen LogP contribution in [0.2, 0.25) is 0 Å². The first-order valence-electron chi connectivity index (χ1n) is 3.19. The highest BCUT2D eigenvalue weighted by Crippen LogP contribution is 2.34. The Kier molecular flexibility index (Phi) is 1.49. The van der Waals surface area contributed by atoms with Crippen molar-refractivity contribution in [1.29, 1.82) is 0 Å². The first kappa shape index (κ1) is 7.45. The van der Waals surface area contributed by atoms with Gasteiger partial charge >= 0.3 is 0 Å². The molecule has 2 rings (SSSR count). The van der Waals surface area contributed by atoms with Crippen LogP contribution in [0.5, 0.6) is 5.75 Å². The predicted molar refractivity (Wildman–Crippen MR) is 40.7 cm³/mol. The van der Waals surface area contributed by atoms with Crippen LogP contribution in [0.1, 0.15) is 20.0 Å². The third kappa shape index (κ3) is 0.804. The lowest BCUT2D eigenvalue weighted by atomic mass is 10.2. The molecule has 12 heavy (non-hydrogen) atoms. The number of ketones is 1. The molecule has 1 aliphatic rings. The first-order valence-corrected chi connectivity index (χ1v) is 4.07. The minimum Gasteiger partial charge on any atom is -0.456 e. The van der Waals surface area contributed by atoms with Crippen LogP contribution >= 0.6 is 11.3 Å². The molecule has 1 aromatic heterocycles. The lowest BCUT2D eigenvalue weighted by Gasteiger charge is -1.97. The summed E-state index contributed by atoms with van der Waals surface area (Å²) in [5.41, 5.74) is 0.211. The fourth-order valence-electron chi connectivity index (χ4n) is 1.07. The molecule has 4 nitrogen and oxygen atoms in total. The van der Waals surface area contributed by atoms with Crippen molar-refractivity contribution in [2.75, 3.05) is 0 Å². The molecule has 0 aliphatic carbocycles. The molecule has 0 aromatic carbocycles. The van der Waals surface area contributed by atoms with E-state index in [1.54, 1.807) is 0 Å². The fourth-order valence-corrected chi connectivity index (χ4v) is 1.85. The number of aliphatic hydroxyl groups excluding tert-OH is 1. The molecule has 0 bridgehead atoms. The first-order chi connectivity index (χ1) is 5.74. The summed E-state index contributed by atoms with van der Waals surface area (Å²) < 4.78 is 4.76. The highest BCUT2D eigenvalue weighted by atomic mass is 32.1. The summed E-state index contributed by atoms with van der Waals surface area (Å²) in [6, 6.07) is 0. The smallest absolute Gasteiger partial charge is 0.262 e. The summed E-state index contributed by atoms with van der Waals surface area (Å²) in [7, 11) is 0. The van der Waals surface area contributed by atoms with E-state index in [9.17, 15) is 9.59 Å². The van der Waals surface area contributed by atoms with Crippen LogP contribution < -0.4 is 4.74 Å². The van der Waals surface area contributed by atoms with Crippen molar-refractivity contribution < 1.29 is 19.4 Å². The van der Waals surface area contributed by atoms with Crippen LogP contribution in [0, 0.1) is 0 Å². The molecule has 0 amide bonds. The number of hydrogen-bond acceptors (Lipinski definition) is 5. The van der Waals surface area contributed by atoms with Gasteiger partial charge in [-0.25, -0.2) is 0 Å². The zero-order chi connectivity index (χ0) is 8.72. The number of hydrogen-bond donors (Lipinski definition) is 1. The van der Waals surface area contributed by atoms with Crippen LogP contribution in [0.25, 0.3) is 0 Å². The van der Waals surface area contributed by atoms with Crippen molar-refractivity contribution in [3.05, 3.63) is 15.8 Å². The Bertz CT molecular complexity index is 354. The normalized spacial score (nSPS) is 20.4. The van der Waals surface area contributed by atoms with Gasteiger partial charge in [-0.15, -0.1) is 11.3 Å². The molecular weight excluding hydrogens is 180 g/mol. The van der Waals surface area contributed by atoms with Gasteiger partial charge in [-0.1, -0.05) is 0 Å². The Labute approximate surface area is 71.4 Å². The third-order valence-electron chi connectivity index (χ3n) is 1.60. The number of carbonyl (C=O) groups excluding carboxylic acids is 2. The van der Waals surface area contributed by atoms with Crippen LogP contribution in [-0.4, -0.2) is 23.5 Å². The van der Waals surface area contributed by atoms with Crippen LogP contribution in [-0.2, 0) is 0 Å². The van der Waals surface area contributed by atoms with Gasteiger partial charge in [-0.3, -0.25) is 9.59 Å². The average Bonchev–Trinajstić information content (AvgIpc) is 2.55. The van der Waals surface area contributed by atoms with E-state index in [2.05, 4.69) is 0 Å². The summed E-state index contributed by atoms with van der Waals surface area (Å²) in [6.07, 6.45) is -0.843. The summed E-state index contributed by atoms with van der Waals surface area (Å²) in [4.78, 5) is 21.8. The molecule has 0 saturated heterocycles. The maximum atomic E-state index is 11.1. The van der Waals surface area contributed by atoms with Gasteiger partial charge in [0.05, 0.1) is 10.4 Å². The summed E-state index contributed by atoms with van der Waals surface area (Å²) in [6.45, 7) is 0. The SMILES string of the molecule is O=Cc1scc2c1C(=O)C(O)O2. The molecular formula is C7H4O4S. The second-order valence-corrected chi connectivity index (χ2v) is 3.20. The molecule has 0 spiro atoms. The van der Waals surface area contributed by atoms with E-state index in [4.69, 9.17) is 9.84 Å². The number of thiophene rings is 1. The average molecular weight is 184 g/mol. The number of fused-ring (bicyclic) bond motifs is 1. The predicted octanol–water partition coefficient (Wildman–Crippen LogP) is 0.454. The number of aldehydes is 1. The molecule has 1 aromatic rings. The van der Waals surface area contributed by atoms with E-state index >= 15 is 0 Å². The van der Waals surface area contributed by atoms with Crippen molar-refractivity contribution in [1.82, 2.24) is 0 Å². The van der Waals surface area contributed by atoms with Crippen molar-refractivity contribution in [2.24, 2.45) is 0 Å². The zero-order valence-electron chi connectivity index (χ0n) is 5.81. The minimum atomic E-state index is -1.43. The largest absolute Gasteiger partial charge is 0.456 e. The zero-order valence-corrected chi connectivity index (χ0v) is 6.63. The van der Waals surface area contributed by atoms with Gasteiger partial charge in [0.25, 0.3) is 6.29 Å². The molecule has 62 valence electrons. The molecule has 1 unspecified atom stereocenters. The Morgan fingerprint density at radius 2 is 2.42 bits per heavy atom. The number of Topliss-reactive ketones (excluding diaryl/α,β-unsaturated/α-hetero) is 1. The van der Waals surface area contributed by atoms with Crippen molar-refractivity contribution in [2.45, 2.75) is 6.29 Å². The summed E-state index contributed by atoms with van der Waals surface area (Å²) in [5.74, 6) is -0.229. The number of ether oxygens (including phenoxy) is 1. The molecule has 2 heterocycles. The molecule has 0 fully saturated rings. The second-order valence-electron chi connectivity index (χ2n) is 2.29. The van der Waals surface area contributed by atoms with Crippen molar-refractivity contribution in [3.63, 3.8) is 0 Å². The van der Waals surface area contributed by atoms with Crippen LogP contribution in [0.3, 0.4) is 0 Å². The molecule has 1 aliphatic heterocycles. The highest BCUT2D eigenvalue weighted by molar-refractivity contribution is 7.12. The van der Waals surface area contributed by atoms with Crippen LogP contribution in [0.15, 0.2) is 5.38 Å². The van der Waals surface area contributed by atoms with E-state index in [-0.39, 0.29) is 5.56 Å². The van der Waals surface area contributed by atoms with Gasteiger partial charge < -0.3 is 9.84 Å². The minimum absolute atomic E-state index is 0.211. The van der Waals surface area contributed by atoms with Gasteiger partial charge in [0.15, 0.2) is 6.29 Å². The second kappa shape index (κ2) is 2.40. The topological polar surface area (TPSA) is 63.6 Å². The van der Waals surface area contributed by atoms with E-state index in [0.29, 0.717) is 16.9 Å². The van der Waals surface area contributed by atoms with Gasteiger partial charge in [-0.2, -0.15) is 0 Å². The molecule has 0 radical (unpaired) electrons. The summed E-state index contributed by atoms with van der Waals surface area (Å²) in [5, 5.41) is 10.5. The van der Waals surface area contributed by atoms with Gasteiger partial charge in [0.2, 0.25) is 5.78 Å². The summed E-state index contributed by atoms with van der Waals surface area (Å²) >= 11 is 1.13. The molecule has 1 N–H and O–H groups in total. The van der Waals surface area contributed by atoms with E-state index in [1.807, 2.05) is 0 Å². The maximum Gasteiger partial charge on any atom is 0.262 e. The van der Waals surface area contributed by atoms with E-state index in [1.165, 1.54) is 5.38 Å². The number of rotatable bonds is 1. The lowest BCUT2D eigenvalue weighted by molar-refractivity contribution is 0.00871. The molecule has 1 atom stereocenters. The van der Waals surface area contributed by atoms with Crippen molar-refractivity contribution >= 4 is 23.4 Å². The number of carbonyl (C=O) groups is 2. The highest BCUT2D eigenvalue weighted by Gasteiger charge is 2.34. The maximum absolute atomic E-state index is 11.1. The van der Waals surface area contributed by atoms with Crippen LogP contribution in [0.4, 0.5) is 0 Å². The standard InChI is InChI=1S/C7H4O4S/c8-1-4-5-3(2-12-4)11-7(10)6(5)9/h1-2,7,10H. The third-order valence-corrected chi connectivity index (χ3v) is 2.49. The van der Waals surface area contributed by atoms with Gasteiger partial charge in [-0.05, 0) is 0 Å². The van der Waals surface area contributed by atoms with E-state index in [0.717, 1.165) is 11.3 Å². The Morgan fingerprint density at radius 3 is 3.08 bits per heavy atom. The Hall–Kier alpha value is -1.20. The molecule has 0 saturated carbocycles. The lowest BCUT2D eigenvalue weighted by Crippen LogP contribution is -2.19. The number of aliphatic hydroxyl groups is 1. The van der Waals surface area contributed by atoms with E-state index < -0.39 is 12.1 Å². The Balaban J connectivity index is 2.58.